The number of fused-ring (bicyclic) bond motifs is 1. The van der Waals surface area contributed by atoms with Crippen LogP contribution in [0, 0.1) is 5.92 Å². The summed E-state index contributed by atoms with van der Waals surface area (Å²) < 4.78 is 14.4. The van der Waals surface area contributed by atoms with E-state index < -0.39 is 11.6 Å². The van der Waals surface area contributed by atoms with Crippen LogP contribution in [0.15, 0.2) is 24.3 Å². The Morgan fingerprint density at radius 3 is 2.67 bits per heavy atom. The molecule has 1 aliphatic rings. The molecule has 0 aromatic heterocycles. The van der Waals surface area contributed by atoms with Crippen LogP contribution in [0.4, 0.5) is 10.1 Å². The van der Waals surface area contributed by atoms with Gasteiger partial charge in [0.15, 0.2) is 0 Å². The number of rotatable bonds is 4. The van der Waals surface area contributed by atoms with Gasteiger partial charge >= 0.3 is 0 Å². The highest BCUT2D eigenvalue weighted by Gasteiger charge is 2.47. The molecule has 1 unspecified atom stereocenters. The molecule has 1 aromatic rings. The molecule has 0 fully saturated rings. The third-order valence-electron chi connectivity index (χ3n) is 3.51. The average molecular weight is 249 g/mol. The van der Waals surface area contributed by atoms with E-state index in [4.69, 9.17) is 0 Å². The molecule has 18 heavy (non-hydrogen) atoms. The van der Waals surface area contributed by atoms with Gasteiger partial charge in [0.2, 0.25) is 5.67 Å². The van der Waals surface area contributed by atoms with Crippen molar-refractivity contribution in [3.8, 4) is 0 Å². The summed E-state index contributed by atoms with van der Waals surface area (Å²) in [5.41, 5.74) is -0.634. The van der Waals surface area contributed by atoms with Crippen LogP contribution in [0.25, 0.3) is 0 Å². The Kier molecular flexibility index (Phi) is 3.42. The van der Waals surface area contributed by atoms with E-state index in [1.807, 2.05) is 12.1 Å². The van der Waals surface area contributed by atoms with Gasteiger partial charge in [-0.25, -0.2) is 4.39 Å². The van der Waals surface area contributed by atoms with Gasteiger partial charge in [-0.3, -0.25) is 4.79 Å². The maximum absolute atomic E-state index is 14.4. The van der Waals surface area contributed by atoms with Gasteiger partial charge in [-0.15, -0.1) is 0 Å². The Balaban J connectivity index is 2.20. The number of nitrogens with zero attached hydrogens (tertiary/aromatic N) is 1. The van der Waals surface area contributed by atoms with Gasteiger partial charge in [0.1, 0.15) is 0 Å². The van der Waals surface area contributed by atoms with Crippen molar-refractivity contribution < 1.29 is 9.18 Å². The molecular formula is C15H20FNO. The molecule has 0 N–H and O–H groups in total. The van der Waals surface area contributed by atoms with Gasteiger partial charge in [-0.1, -0.05) is 32.0 Å². The Bertz CT molecular complexity index is 454. The molecule has 0 saturated carbocycles. The van der Waals surface area contributed by atoms with Gasteiger partial charge in [0.05, 0.1) is 5.69 Å². The number of hydrogen-bond donors (Lipinski definition) is 0. The zero-order valence-corrected chi connectivity index (χ0v) is 11.2. The zero-order chi connectivity index (χ0) is 13.3. The minimum atomic E-state index is -1.87. The second-order valence-corrected chi connectivity index (χ2v) is 5.51. The van der Waals surface area contributed by atoms with Gasteiger partial charge in [-0.05, 0) is 31.7 Å². The maximum Gasteiger partial charge on any atom is 0.269 e. The van der Waals surface area contributed by atoms with Crippen LogP contribution in [0.5, 0.6) is 0 Å². The number of carbonyl (C=O) groups is 1. The summed E-state index contributed by atoms with van der Waals surface area (Å²) in [6.07, 6.45) is 1.96. The minimum Gasteiger partial charge on any atom is -0.309 e. The van der Waals surface area contributed by atoms with Crippen LogP contribution in [-0.2, 0) is 10.5 Å². The lowest BCUT2D eigenvalue weighted by molar-refractivity contribution is -0.128. The smallest absolute Gasteiger partial charge is 0.269 e. The van der Waals surface area contributed by atoms with E-state index in [0.29, 0.717) is 18.0 Å². The molecule has 1 atom stereocenters. The third kappa shape index (κ3) is 2.14. The normalized spacial score (nSPS) is 22.7. The standard InChI is InChI=1S/C15H20FNO/c1-11(2)7-6-10-17-13-9-5-4-8-12(13)15(3,16)14(17)18/h4-5,8-9,11H,6-7,10H2,1-3H3. The molecule has 1 amide bonds. The van der Waals surface area contributed by atoms with E-state index in [1.165, 1.54) is 6.92 Å². The highest BCUT2D eigenvalue weighted by Crippen LogP contribution is 2.42. The summed E-state index contributed by atoms with van der Waals surface area (Å²) in [4.78, 5) is 13.7. The van der Waals surface area contributed by atoms with Crippen LogP contribution in [0.1, 0.15) is 39.2 Å². The van der Waals surface area contributed by atoms with Crippen molar-refractivity contribution in [3.63, 3.8) is 0 Å². The van der Waals surface area contributed by atoms with Crippen LogP contribution < -0.4 is 4.90 Å². The molecule has 0 saturated heterocycles. The Hall–Kier alpha value is -1.38. The van der Waals surface area contributed by atoms with E-state index in [-0.39, 0.29) is 0 Å². The first-order valence-electron chi connectivity index (χ1n) is 6.55. The van der Waals surface area contributed by atoms with E-state index >= 15 is 0 Å². The predicted molar refractivity (Wildman–Crippen MR) is 71.3 cm³/mol. The first-order valence-corrected chi connectivity index (χ1v) is 6.55. The largest absolute Gasteiger partial charge is 0.309 e. The zero-order valence-electron chi connectivity index (χ0n) is 11.2. The number of anilines is 1. The Labute approximate surface area is 108 Å². The summed E-state index contributed by atoms with van der Waals surface area (Å²) in [5.74, 6) is 0.183. The van der Waals surface area contributed by atoms with Crippen molar-refractivity contribution >= 4 is 11.6 Å². The Morgan fingerprint density at radius 1 is 1.33 bits per heavy atom. The molecule has 0 radical (unpaired) electrons. The third-order valence-corrected chi connectivity index (χ3v) is 3.51. The second kappa shape index (κ2) is 4.71. The molecule has 0 bridgehead atoms. The van der Waals surface area contributed by atoms with Crippen molar-refractivity contribution in [1.29, 1.82) is 0 Å². The molecule has 98 valence electrons. The van der Waals surface area contributed by atoms with Crippen molar-refractivity contribution in [1.82, 2.24) is 0 Å². The minimum absolute atomic E-state index is 0.424. The summed E-state index contributed by atoms with van der Waals surface area (Å²) in [7, 11) is 0. The second-order valence-electron chi connectivity index (χ2n) is 5.51. The van der Waals surface area contributed by atoms with Gasteiger partial charge in [-0.2, -0.15) is 0 Å². The number of carbonyl (C=O) groups excluding carboxylic acids is 1. The fraction of sp³-hybridized carbons (Fsp3) is 0.533. The van der Waals surface area contributed by atoms with Crippen molar-refractivity contribution in [2.45, 2.75) is 39.3 Å². The molecule has 3 heteroatoms. The number of halogens is 1. The van der Waals surface area contributed by atoms with E-state index in [0.717, 1.165) is 18.5 Å². The molecular weight excluding hydrogens is 229 g/mol. The summed E-state index contributed by atoms with van der Waals surface area (Å²) in [6, 6.07) is 7.16. The first-order chi connectivity index (χ1) is 8.44. The first kappa shape index (κ1) is 13.1. The number of para-hydroxylation sites is 1. The number of amides is 1. The molecule has 1 aliphatic heterocycles. The van der Waals surface area contributed by atoms with Crippen molar-refractivity contribution in [2.75, 3.05) is 11.4 Å². The topological polar surface area (TPSA) is 20.3 Å². The van der Waals surface area contributed by atoms with Crippen LogP contribution in [0.2, 0.25) is 0 Å². The molecule has 1 heterocycles. The monoisotopic (exact) mass is 249 g/mol. The number of hydrogen-bond acceptors (Lipinski definition) is 1. The van der Waals surface area contributed by atoms with E-state index in [1.54, 1.807) is 17.0 Å². The lowest BCUT2D eigenvalue weighted by Crippen LogP contribution is -2.36. The fourth-order valence-corrected chi connectivity index (χ4v) is 2.46. The summed E-state index contributed by atoms with van der Waals surface area (Å²) >= 11 is 0. The highest BCUT2D eigenvalue weighted by molar-refractivity contribution is 6.06. The SMILES string of the molecule is CC(C)CCCN1C(=O)C(C)(F)c2ccccc21. The fourth-order valence-electron chi connectivity index (χ4n) is 2.46. The lowest BCUT2D eigenvalue weighted by atomic mass is 10.0. The Morgan fingerprint density at radius 2 is 2.00 bits per heavy atom. The van der Waals surface area contributed by atoms with Gasteiger partial charge in [0.25, 0.3) is 5.91 Å². The molecule has 2 rings (SSSR count). The number of alkyl halides is 1. The predicted octanol–water partition coefficient (Wildman–Crippen LogP) is 3.65. The maximum atomic E-state index is 14.4. The molecule has 0 spiro atoms. The van der Waals surface area contributed by atoms with Crippen molar-refractivity contribution in [2.24, 2.45) is 5.92 Å². The summed E-state index contributed by atoms with van der Waals surface area (Å²) in [6.45, 7) is 6.27. The van der Waals surface area contributed by atoms with E-state index in [2.05, 4.69) is 13.8 Å². The highest BCUT2D eigenvalue weighted by atomic mass is 19.1. The van der Waals surface area contributed by atoms with Gasteiger partial charge < -0.3 is 4.90 Å². The lowest BCUT2D eigenvalue weighted by Gasteiger charge is -2.19. The van der Waals surface area contributed by atoms with Gasteiger partial charge in [0, 0.05) is 12.1 Å². The summed E-state index contributed by atoms with van der Waals surface area (Å²) in [5, 5.41) is 0. The van der Waals surface area contributed by atoms with Crippen LogP contribution >= 0.6 is 0 Å². The quantitative estimate of drug-likeness (QED) is 0.797. The molecule has 2 nitrogen and oxygen atoms in total. The number of benzene rings is 1. The van der Waals surface area contributed by atoms with Crippen molar-refractivity contribution in [3.05, 3.63) is 29.8 Å². The van der Waals surface area contributed by atoms with Crippen LogP contribution in [0.3, 0.4) is 0 Å². The van der Waals surface area contributed by atoms with E-state index in [9.17, 15) is 9.18 Å². The molecule has 0 aliphatic carbocycles. The van der Waals surface area contributed by atoms with Crippen LogP contribution in [-0.4, -0.2) is 12.5 Å². The molecule has 1 aromatic carbocycles. The average Bonchev–Trinajstić information content (AvgIpc) is 2.51.